The Balaban J connectivity index is 1.49. The van der Waals surface area contributed by atoms with Crippen LogP contribution in [0.25, 0.3) is 22.3 Å². The van der Waals surface area contributed by atoms with Crippen molar-refractivity contribution < 1.29 is 73.4 Å². The minimum absolute atomic E-state index is 0.0286. The number of esters is 1. The summed E-state index contributed by atoms with van der Waals surface area (Å²) < 4.78 is 38.4. The fourth-order valence-electron chi connectivity index (χ4n) is 4.98. The molecule has 1 aromatic heterocycles. The van der Waals surface area contributed by atoms with Crippen LogP contribution in [0.5, 0.6) is 23.0 Å². The van der Waals surface area contributed by atoms with Crippen molar-refractivity contribution in [3.05, 3.63) is 46.6 Å². The SMILES string of the molecule is COc1ccc(-c2cc(=O)c3c(O)cc(O[C@@H]4O[C@H](COC(C)=O)[C@@H](O)[C@H](O)[C@H]4O[C@@H]4OC[C@](O)(CO)[C@@H]4O)cc3o2)cc1O. The second kappa shape index (κ2) is 12.8. The lowest BCUT2D eigenvalue weighted by atomic mass is 9.98. The van der Waals surface area contributed by atoms with Gasteiger partial charge >= 0.3 is 5.97 Å². The fraction of sp³-hybridized carbons (Fsp3) is 0.448. The van der Waals surface area contributed by atoms with Crippen molar-refractivity contribution in [3.63, 3.8) is 0 Å². The average molecular weight is 637 g/mol. The second-order valence-corrected chi connectivity index (χ2v) is 10.6. The molecule has 0 spiro atoms. The predicted molar refractivity (Wildman–Crippen MR) is 148 cm³/mol. The van der Waals surface area contributed by atoms with Gasteiger partial charge in [0.05, 0.1) is 20.3 Å². The monoisotopic (exact) mass is 636 g/mol. The highest BCUT2D eigenvalue weighted by Crippen LogP contribution is 2.37. The number of ether oxygens (including phenoxy) is 6. The molecule has 8 atom stereocenters. The predicted octanol–water partition coefficient (Wildman–Crippen LogP) is -0.906. The molecule has 0 bridgehead atoms. The molecule has 244 valence electrons. The van der Waals surface area contributed by atoms with E-state index in [1.807, 2.05) is 0 Å². The molecule has 2 fully saturated rings. The normalized spacial score (nSPS) is 29.9. The first-order chi connectivity index (χ1) is 21.3. The summed E-state index contributed by atoms with van der Waals surface area (Å²) in [4.78, 5) is 24.3. The molecule has 5 rings (SSSR count). The maximum atomic E-state index is 12.9. The van der Waals surface area contributed by atoms with Gasteiger partial charge in [0.1, 0.15) is 64.9 Å². The fourth-order valence-corrected chi connectivity index (χ4v) is 4.98. The minimum atomic E-state index is -2.07. The number of phenols is 2. The number of aliphatic hydroxyl groups excluding tert-OH is 4. The number of methoxy groups -OCH3 is 1. The van der Waals surface area contributed by atoms with Crippen LogP contribution in [-0.2, 0) is 23.7 Å². The molecule has 3 heterocycles. The maximum absolute atomic E-state index is 12.9. The van der Waals surface area contributed by atoms with Crippen molar-refractivity contribution in [2.45, 2.75) is 55.6 Å². The van der Waals surface area contributed by atoms with E-state index in [2.05, 4.69) is 0 Å². The Morgan fingerprint density at radius 1 is 1.04 bits per heavy atom. The third-order valence-corrected chi connectivity index (χ3v) is 7.47. The number of benzene rings is 2. The zero-order valence-electron chi connectivity index (χ0n) is 23.9. The Morgan fingerprint density at radius 2 is 1.80 bits per heavy atom. The quantitative estimate of drug-likeness (QED) is 0.141. The molecule has 3 aromatic rings. The van der Waals surface area contributed by atoms with Crippen LogP contribution in [-0.4, -0.2) is 117 Å². The van der Waals surface area contributed by atoms with Gasteiger partial charge in [0.15, 0.2) is 29.3 Å². The lowest BCUT2D eigenvalue weighted by molar-refractivity contribution is -0.319. The van der Waals surface area contributed by atoms with Gasteiger partial charge in [-0.3, -0.25) is 9.59 Å². The third kappa shape index (κ3) is 6.40. The number of phenolic OH excluding ortho intramolecular Hbond substituents is 2. The number of aliphatic hydroxyl groups is 5. The van der Waals surface area contributed by atoms with E-state index in [0.29, 0.717) is 5.56 Å². The molecular formula is C29H32O16. The Bertz CT molecular complexity index is 1610. The summed E-state index contributed by atoms with van der Waals surface area (Å²) in [6.07, 6.45) is -11.5. The van der Waals surface area contributed by atoms with Crippen LogP contribution in [0.3, 0.4) is 0 Å². The van der Waals surface area contributed by atoms with Crippen molar-refractivity contribution in [2.75, 3.05) is 26.9 Å². The van der Waals surface area contributed by atoms with Crippen molar-refractivity contribution >= 4 is 16.9 Å². The van der Waals surface area contributed by atoms with Crippen LogP contribution < -0.4 is 14.9 Å². The second-order valence-electron chi connectivity index (χ2n) is 10.6. The Morgan fingerprint density at radius 3 is 2.44 bits per heavy atom. The highest BCUT2D eigenvalue weighted by Gasteiger charge is 2.53. The molecule has 2 aliphatic rings. The van der Waals surface area contributed by atoms with Crippen LogP contribution in [0.4, 0.5) is 0 Å². The molecule has 0 radical (unpaired) electrons. The van der Waals surface area contributed by atoms with Gasteiger partial charge in [-0.15, -0.1) is 0 Å². The standard InChI is InChI=1S/C29H32O16/c1-12(31)40-9-21-23(35)24(36)25(45-28-26(37)29(38,10-30)11-41-28)27(44-21)42-14-6-16(33)22-17(34)8-19(43-20(22)7-14)13-3-4-18(39-2)15(32)5-13/h3-8,21,23-28,30,32-33,35-38H,9-11H2,1-2H3/t21-,23-,24+,25-,26-,27-,28+,29-/m1/s1. The number of rotatable bonds is 9. The summed E-state index contributed by atoms with van der Waals surface area (Å²) in [6, 6.07) is 7.72. The summed E-state index contributed by atoms with van der Waals surface area (Å²) in [5.41, 5.74) is -2.52. The van der Waals surface area contributed by atoms with E-state index in [1.165, 1.54) is 31.4 Å². The zero-order chi connectivity index (χ0) is 32.6. The molecule has 45 heavy (non-hydrogen) atoms. The number of hydrogen-bond donors (Lipinski definition) is 7. The van der Waals surface area contributed by atoms with Gasteiger partial charge in [-0.05, 0) is 18.2 Å². The average Bonchev–Trinajstić information content (AvgIpc) is 3.28. The molecule has 0 unspecified atom stereocenters. The summed E-state index contributed by atoms with van der Waals surface area (Å²) in [7, 11) is 1.37. The zero-order valence-corrected chi connectivity index (χ0v) is 23.9. The largest absolute Gasteiger partial charge is 0.507 e. The summed E-state index contributed by atoms with van der Waals surface area (Å²) in [6.45, 7) is -0.763. The number of fused-ring (bicyclic) bond motifs is 1. The van der Waals surface area contributed by atoms with Crippen LogP contribution in [0.15, 0.2) is 45.6 Å². The lowest BCUT2D eigenvalue weighted by Crippen LogP contribution is -2.62. The van der Waals surface area contributed by atoms with Crippen molar-refractivity contribution in [1.82, 2.24) is 0 Å². The third-order valence-electron chi connectivity index (χ3n) is 7.47. The van der Waals surface area contributed by atoms with E-state index in [4.69, 9.17) is 32.8 Å². The van der Waals surface area contributed by atoms with Gasteiger partial charge in [0, 0.05) is 30.7 Å². The van der Waals surface area contributed by atoms with Crippen molar-refractivity contribution in [3.8, 4) is 34.3 Å². The highest BCUT2D eigenvalue weighted by atomic mass is 16.8. The Labute approximate surface area is 254 Å². The van der Waals surface area contributed by atoms with E-state index < -0.39 is 85.7 Å². The number of hydrogen-bond acceptors (Lipinski definition) is 16. The molecule has 16 heteroatoms. The van der Waals surface area contributed by atoms with Crippen molar-refractivity contribution in [1.29, 1.82) is 0 Å². The molecule has 0 saturated carbocycles. The highest BCUT2D eigenvalue weighted by molar-refractivity contribution is 5.86. The topological polar surface area (TPSA) is 244 Å². The first kappa shape index (κ1) is 32.4. The first-order valence-corrected chi connectivity index (χ1v) is 13.6. The number of aromatic hydroxyl groups is 2. The van der Waals surface area contributed by atoms with E-state index in [1.54, 1.807) is 0 Å². The van der Waals surface area contributed by atoms with E-state index in [9.17, 15) is 45.3 Å². The molecule has 2 aliphatic heterocycles. The molecule has 0 aliphatic carbocycles. The number of carbonyl (C=O) groups is 1. The smallest absolute Gasteiger partial charge is 0.302 e. The molecule has 0 amide bonds. The Kier molecular flexibility index (Phi) is 9.20. The summed E-state index contributed by atoms with van der Waals surface area (Å²) in [5.74, 6) is -1.41. The molecule has 2 saturated heterocycles. The summed E-state index contributed by atoms with van der Waals surface area (Å²) in [5, 5.41) is 72.6. The van der Waals surface area contributed by atoms with Gasteiger partial charge in [-0.25, -0.2) is 0 Å². The maximum Gasteiger partial charge on any atom is 0.302 e. The molecular weight excluding hydrogens is 604 g/mol. The van der Waals surface area contributed by atoms with Gasteiger partial charge in [0.2, 0.25) is 6.29 Å². The Hall–Kier alpha value is -4.00. The van der Waals surface area contributed by atoms with Gasteiger partial charge < -0.3 is 68.6 Å². The molecule has 16 nitrogen and oxygen atoms in total. The first-order valence-electron chi connectivity index (χ1n) is 13.6. The molecule has 2 aromatic carbocycles. The summed E-state index contributed by atoms with van der Waals surface area (Å²) >= 11 is 0. The van der Waals surface area contributed by atoms with Crippen LogP contribution >= 0.6 is 0 Å². The van der Waals surface area contributed by atoms with Gasteiger partial charge in [0.25, 0.3) is 0 Å². The van der Waals surface area contributed by atoms with Crippen LogP contribution in [0.2, 0.25) is 0 Å². The minimum Gasteiger partial charge on any atom is -0.507 e. The van der Waals surface area contributed by atoms with E-state index >= 15 is 0 Å². The van der Waals surface area contributed by atoms with Crippen LogP contribution in [0.1, 0.15) is 6.92 Å². The van der Waals surface area contributed by atoms with Gasteiger partial charge in [-0.1, -0.05) is 0 Å². The van der Waals surface area contributed by atoms with Gasteiger partial charge in [-0.2, -0.15) is 0 Å². The van der Waals surface area contributed by atoms with E-state index in [0.717, 1.165) is 19.1 Å². The van der Waals surface area contributed by atoms with Crippen molar-refractivity contribution in [2.24, 2.45) is 0 Å². The number of carbonyl (C=O) groups excluding carboxylic acids is 1. The lowest BCUT2D eigenvalue weighted by Gasteiger charge is -2.42. The van der Waals surface area contributed by atoms with Crippen LogP contribution in [0, 0.1) is 0 Å². The molecule has 7 N–H and O–H groups in total. The van der Waals surface area contributed by atoms with E-state index in [-0.39, 0.29) is 34.0 Å².